The van der Waals surface area contributed by atoms with Gasteiger partial charge >= 0.3 is 0 Å². The highest BCUT2D eigenvalue weighted by Crippen LogP contribution is 2.05. The predicted octanol–water partition coefficient (Wildman–Crippen LogP) is 0.854. The largest absolute Gasteiger partial charge is 0.289 e. The van der Waals surface area contributed by atoms with Crippen molar-refractivity contribution in [3.63, 3.8) is 0 Å². The number of hydrogen-bond donors (Lipinski definition) is 3. The fourth-order valence-electron chi connectivity index (χ4n) is 1.36. The minimum atomic E-state index is 0.920. The first-order valence-corrected chi connectivity index (χ1v) is 4.73. The van der Waals surface area contributed by atoms with Crippen LogP contribution in [0.5, 0.6) is 0 Å². The third-order valence-corrected chi connectivity index (χ3v) is 2.22. The maximum atomic E-state index is 4.01. The Morgan fingerprint density at radius 1 is 1.14 bits per heavy atom. The molecule has 0 aliphatic carbocycles. The van der Waals surface area contributed by atoms with E-state index in [9.17, 15) is 0 Å². The monoisotopic (exact) mass is 190 g/mol. The maximum absolute atomic E-state index is 4.01. The molecule has 0 radical (unpaired) electrons. The van der Waals surface area contributed by atoms with Crippen molar-refractivity contribution in [3.05, 3.63) is 35.4 Å². The highest BCUT2D eigenvalue weighted by Gasteiger charge is 2.03. The molecule has 0 amide bonds. The summed E-state index contributed by atoms with van der Waals surface area (Å²) in [6.07, 6.45) is 1.93. The molecule has 2 rings (SSSR count). The van der Waals surface area contributed by atoms with Gasteiger partial charge < -0.3 is 0 Å². The molecule has 3 N–H and O–H groups in total. The highest BCUT2D eigenvalue weighted by atomic mass is 15.8. The van der Waals surface area contributed by atoms with Crippen molar-refractivity contribution in [2.24, 2.45) is 5.10 Å². The average Bonchev–Trinajstić information content (AvgIpc) is 2.70. The lowest BCUT2D eigenvalue weighted by molar-refractivity contribution is 0.576. The van der Waals surface area contributed by atoms with E-state index >= 15 is 0 Å². The molecular weight excluding hydrogens is 176 g/mol. The number of hydrazine groups is 2. The average molecular weight is 190 g/mol. The fourth-order valence-corrected chi connectivity index (χ4v) is 1.36. The summed E-state index contributed by atoms with van der Waals surface area (Å²) < 4.78 is 0. The van der Waals surface area contributed by atoms with Crippen molar-refractivity contribution in [1.29, 1.82) is 0 Å². The Labute approximate surface area is 83.3 Å². The molecular formula is C10H14N4. The van der Waals surface area contributed by atoms with Crippen molar-refractivity contribution in [2.75, 3.05) is 0 Å². The smallest absolute Gasteiger partial charge is 0.139 e. The number of aryl methyl sites for hydroxylation is 2. The van der Waals surface area contributed by atoms with Gasteiger partial charge in [0.15, 0.2) is 0 Å². The fraction of sp³-hybridized carbons (Fsp3) is 0.300. The molecule has 14 heavy (non-hydrogen) atoms. The van der Waals surface area contributed by atoms with Crippen molar-refractivity contribution in [3.8, 4) is 0 Å². The molecule has 1 aromatic carbocycles. The Morgan fingerprint density at radius 3 is 2.57 bits per heavy atom. The van der Waals surface area contributed by atoms with E-state index in [-0.39, 0.29) is 0 Å². The van der Waals surface area contributed by atoms with E-state index < -0.39 is 0 Å². The van der Waals surface area contributed by atoms with Crippen LogP contribution in [0.3, 0.4) is 0 Å². The molecule has 4 nitrogen and oxygen atoms in total. The van der Waals surface area contributed by atoms with Gasteiger partial charge in [0.1, 0.15) is 5.84 Å². The maximum Gasteiger partial charge on any atom is 0.139 e. The number of nitrogens with zero attached hydrogens (tertiary/aromatic N) is 1. The minimum Gasteiger partial charge on any atom is -0.289 e. The molecule has 0 atom stereocenters. The van der Waals surface area contributed by atoms with Crippen LogP contribution in [0.25, 0.3) is 0 Å². The topological polar surface area (TPSA) is 48.5 Å². The predicted molar refractivity (Wildman–Crippen MR) is 56.3 cm³/mol. The summed E-state index contributed by atoms with van der Waals surface area (Å²) in [5, 5.41) is 4.01. The van der Waals surface area contributed by atoms with Crippen LogP contribution in [0.1, 0.15) is 17.5 Å². The third kappa shape index (κ3) is 2.23. The first-order chi connectivity index (χ1) is 6.84. The molecule has 0 saturated carbocycles. The van der Waals surface area contributed by atoms with Gasteiger partial charge in [-0.3, -0.25) is 5.43 Å². The van der Waals surface area contributed by atoms with Crippen LogP contribution in [0.2, 0.25) is 0 Å². The Kier molecular flexibility index (Phi) is 2.65. The van der Waals surface area contributed by atoms with Crippen LogP contribution in [0.4, 0.5) is 0 Å². The van der Waals surface area contributed by atoms with E-state index in [0.29, 0.717) is 0 Å². The Hall–Kier alpha value is -1.55. The zero-order chi connectivity index (χ0) is 9.80. The molecule has 0 aromatic heterocycles. The van der Waals surface area contributed by atoms with Crippen LogP contribution < -0.4 is 16.5 Å². The van der Waals surface area contributed by atoms with E-state index in [0.717, 1.165) is 18.7 Å². The number of hydrazone groups is 1. The zero-order valence-corrected chi connectivity index (χ0v) is 8.17. The number of hydrogen-bond acceptors (Lipinski definition) is 4. The molecule has 0 spiro atoms. The second-order valence-electron chi connectivity index (χ2n) is 3.41. The summed E-state index contributed by atoms with van der Waals surface area (Å²) >= 11 is 0. The van der Waals surface area contributed by atoms with Crippen molar-refractivity contribution < 1.29 is 0 Å². The minimum absolute atomic E-state index is 0.920. The first-order valence-electron chi connectivity index (χ1n) is 4.73. The van der Waals surface area contributed by atoms with Gasteiger partial charge in [-0.05, 0) is 18.9 Å². The molecule has 1 aliphatic rings. The van der Waals surface area contributed by atoms with Crippen LogP contribution in [-0.2, 0) is 6.42 Å². The molecule has 1 aromatic rings. The number of benzene rings is 1. The molecule has 0 unspecified atom stereocenters. The Morgan fingerprint density at radius 2 is 1.93 bits per heavy atom. The molecule has 74 valence electrons. The van der Waals surface area contributed by atoms with Gasteiger partial charge in [0.2, 0.25) is 0 Å². The molecule has 0 saturated heterocycles. The summed E-state index contributed by atoms with van der Waals surface area (Å²) in [5.74, 6) is 0.950. The summed E-state index contributed by atoms with van der Waals surface area (Å²) in [6, 6.07) is 8.59. The van der Waals surface area contributed by atoms with Gasteiger partial charge in [0.05, 0.1) is 0 Å². The van der Waals surface area contributed by atoms with E-state index in [1.807, 2.05) is 0 Å². The molecule has 1 aliphatic heterocycles. The third-order valence-electron chi connectivity index (χ3n) is 2.22. The first kappa shape index (κ1) is 9.02. The van der Waals surface area contributed by atoms with Gasteiger partial charge in [0.25, 0.3) is 0 Å². The number of nitrogens with one attached hydrogen (secondary N) is 3. The lowest BCUT2D eigenvalue weighted by Gasteiger charge is -2.01. The molecule has 1 heterocycles. The number of rotatable bonds is 3. The zero-order valence-electron chi connectivity index (χ0n) is 8.17. The molecule has 0 fully saturated rings. The second-order valence-corrected chi connectivity index (χ2v) is 3.41. The lowest BCUT2D eigenvalue weighted by Crippen LogP contribution is -2.35. The highest BCUT2D eigenvalue weighted by molar-refractivity contribution is 5.82. The second kappa shape index (κ2) is 4.11. The van der Waals surface area contributed by atoms with E-state index in [1.54, 1.807) is 0 Å². The van der Waals surface area contributed by atoms with Crippen LogP contribution in [0.15, 0.2) is 29.4 Å². The number of amidine groups is 1. The van der Waals surface area contributed by atoms with Gasteiger partial charge in [-0.2, -0.15) is 0 Å². The normalized spacial score (nSPS) is 14.5. The van der Waals surface area contributed by atoms with E-state index in [2.05, 4.69) is 52.8 Å². The van der Waals surface area contributed by atoms with Crippen LogP contribution >= 0.6 is 0 Å². The SMILES string of the molecule is Cc1ccc(CCC2=NNNN2)cc1. The van der Waals surface area contributed by atoms with Crippen LogP contribution in [0, 0.1) is 6.92 Å². The van der Waals surface area contributed by atoms with Gasteiger partial charge in [-0.1, -0.05) is 29.8 Å². The molecule has 0 bridgehead atoms. The summed E-state index contributed by atoms with van der Waals surface area (Å²) in [6.45, 7) is 2.10. The van der Waals surface area contributed by atoms with E-state index in [4.69, 9.17) is 0 Å². The standard InChI is InChI=1S/C10H14N4/c1-8-2-4-9(5-3-8)6-7-10-11-13-14-12-10/h2-5,13-14H,6-7H2,1H3,(H,11,12). The van der Waals surface area contributed by atoms with Gasteiger partial charge in [0, 0.05) is 6.42 Å². The van der Waals surface area contributed by atoms with Crippen molar-refractivity contribution in [2.45, 2.75) is 19.8 Å². The quantitative estimate of drug-likeness (QED) is 0.662. The summed E-state index contributed by atoms with van der Waals surface area (Å²) in [5.41, 5.74) is 10.9. The summed E-state index contributed by atoms with van der Waals surface area (Å²) in [4.78, 5) is 0. The van der Waals surface area contributed by atoms with Crippen molar-refractivity contribution in [1.82, 2.24) is 16.5 Å². The molecule has 4 heteroatoms. The van der Waals surface area contributed by atoms with E-state index in [1.165, 1.54) is 11.1 Å². The Bertz CT molecular complexity index is 328. The Balaban J connectivity index is 1.88. The van der Waals surface area contributed by atoms with Gasteiger partial charge in [-0.15, -0.1) is 10.6 Å². The van der Waals surface area contributed by atoms with Crippen molar-refractivity contribution >= 4 is 5.84 Å². The summed E-state index contributed by atoms with van der Waals surface area (Å²) in [7, 11) is 0. The van der Waals surface area contributed by atoms with Crippen LogP contribution in [-0.4, -0.2) is 5.84 Å². The van der Waals surface area contributed by atoms with Gasteiger partial charge in [-0.25, -0.2) is 5.53 Å². The lowest BCUT2D eigenvalue weighted by atomic mass is 10.1.